The van der Waals surface area contributed by atoms with Gasteiger partial charge in [0.25, 0.3) is 0 Å². The second-order valence-corrected chi connectivity index (χ2v) is 5.96. The van der Waals surface area contributed by atoms with Gasteiger partial charge in [0.2, 0.25) is 17.7 Å². The zero-order valence-electron chi connectivity index (χ0n) is 13.7. The molecule has 0 aromatic heterocycles. The van der Waals surface area contributed by atoms with Crippen LogP contribution >= 0.6 is 0 Å². The smallest absolute Gasteiger partial charge is 0.248 e. The molecule has 2 aromatic carbocycles. The van der Waals surface area contributed by atoms with E-state index in [4.69, 9.17) is 5.73 Å². The number of fused-ring (bicyclic) bond motifs is 1. The first kappa shape index (κ1) is 16.7. The summed E-state index contributed by atoms with van der Waals surface area (Å²) >= 11 is 0. The Morgan fingerprint density at radius 2 is 1.88 bits per heavy atom. The van der Waals surface area contributed by atoms with Crippen LogP contribution in [0.25, 0.3) is 0 Å². The molecule has 2 aromatic rings. The van der Waals surface area contributed by atoms with Crippen LogP contribution in [-0.4, -0.2) is 24.3 Å². The molecule has 25 heavy (non-hydrogen) atoms. The Morgan fingerprint density at radius 1 is 1.08 bits per heavy atom. The van der Waals surface area contributed by atoms with E-state index in [1.54, 1.807) is 18.2 Å². The lowest BCUT2D eigenvalue weighted by atomic mass is 10.1. The molecule has 0 radical (unpaired) electrons. The number of primary amides is 1. The number of aryl methyl sites for hydroxylation is 1. The van der Waals surface area contributed by atoms with Crippen molar-refractivity contribution < 1.29 is 14.4 Å². The first-order valence-electron chi connectivity index (χ1n) is 8.12. The number of para-hydroxylation sites is 1. The number of amides is 3. The highest BCUT2D eigenvalue weighted by molar-refractivity contribution is 6.03. The Bertz CT molecular complexity index is 832. The summed E-state index contributed by atoms with van der Waals surface area (Å²) in [5.41, 5.74) is 7.88. The molecule has 3 amide bonds. The second kappa shape index (κ2) is 7.17. The largest absolute Gasteiger partial charge is 0.366 e. The van der Waals surface area contributed by atoms with Gasteiger partial charge in [0.15, 0.2) is 0 Å². The van der Waals surface area contributed by atoms with E-state index in [0.717, 1.165) is 24.1 Å². The van der Waals surface area contributed by atoms with Gasteiger partial charge >= 0.3 is 0 Å². The van der Waals surface area contributed by atoms with Crippen molar-refractivity contribution in [2.75, 3.05) is 16.8 Å². The number of rotatable bonds is 4. The maximum atomic E-state index is 12.4. The monoisotopic (exact) mass is 337 g/mol. The van der Waals surface area contributed by atoms with Crippen LogP contribution in [0.3, 0.4) is 0 Å². The molecule has 6 heteroatoms. The maximum Gasteiger partial charge on any atom is 0.248 e. The third-order valence-corrected chi connectivity index (χ3v) is 4.15. The Labute approximate surface area is 145 Å². The van der Waals surface area contributed by atoms with Gasteiger partial charge in [0.05, 0.1) is 0 Å². The van der Waals surface area contributed by atoms with Crippen molar-refractivity contribution in [2.45, 2.75) is 19.3 Å². The van der Waals surface area contributed by atoms with Crippen molar-refractivity contribution in [1.82, 2.24) is 0 Å². The molecule has 0 bridgehead atoms. The fourth-order valence-corrected chi connectivity index (χ4v) is 2.95. The molecule has 1 aliphatic heterocycles. The standard InChI is InChI=1S/C19H19N3O3/c20-19(25)14-7-3-8-15(11-14)21-17(23)12-22-16-9-2-1-5-13(16)6-4-10-18(22)24/h1-3,5,7-9,11H,4,6,10,12H2,(H2,20,25)(H,21,23). The highest BCUT2D eigenvalue weighted by Crippen LogP contribution is 2.26. The fraction of sp³-hybridized carbons (Fsp3) is 0.211. The number of nitrogens with two attached hydrogens (primary N) is 1. The molecule has 1 heterocycles. The number of benzene rings is 2. The van der Waals surface area contributed by atoms with E-state index in [0.29, 0.717) is 17.7 Å². The Kier molecular flexibility index (Phi) is 4.79. The van der Waals surface area contributed by atoms with Crippen LogP contribution in [-0.2, 0) is 16.0 Å². The lowest BCUT2D eigenvalue weighted by molar-refractivity contribution is -0.121. The molecular weight excluding hydrogens is 318 g/mol. The van der Waals surface area contributed by atoms with E-state index in [-0.39, 0.29) is 18.4 Å². The van der Waals surface area contributed by atoms with E-state index in [1.807, 2.05) is 24.3 Å². The molecule has 128 valence electrons. The lowest BCUT2D eigenvalue weighted by Crippen LogP contribution is -2.37. The van der Waals surface area contributed by atoms with Gasteiger partial charge < -0.3 is 16.0 Å². The van der Waals surface area contributed by atoms with Gasteiger partial charge in [-0.15, -0.1) is 0 Å². The number of carbonyl (C=O) groups excluding carboxylic acids is 3. The molecule has 6 nitrogen and oxygen atoms in total. The van der Waals surface area contributed by atoms with Crippen molar-refractivity contribution in [2.24, 2.45) is 5.73 Å². The van der Waals surface area contributed by atoms with Gasteiger partial charge in [0.1, 0.15) is 6.54 Å². The topological polar surface area (TPSA) is 92.5 Å². The molecule has 3 N–H and O–H groups in total. The molecule has 0 spiro atoms. The van der Waals surface area contributed by atoms with Gasteiger partial charge in [-0.2, -0.15) is 0 Å². The highest BCUT2D eigenvalue weighted by Gasteiger charge is 2.24. The van der Waals surface area contributed by atoms with Crippen LogP contribution in [0, 0.1) is 0 Å². The first-order chi connectivity index (χ1) is 12.0. The SMILES string of the molecule is NC(=O)c1cccc(NC(=O)CN2C(=O)CCCc3ccccc32)c1. The molecule has 1 aliphatic rings. The molecule has 0 fully saturated rings. The van der Waals surface area contributed by atoms with Crippen molar-refractivity contribution in [3.8, 4) is 0 Å². The molecular formula is C19H19N3O3. The second-order valence-electron chi connectivity index (χ2n) is 5.96. The van der Waals surface area contributed by atoms with Crippen LogP contribution in [0.1, 0.15) is 28.8 Å². The summed E-state index contributed by atoms with van der Waals surface area (Å²) in [6.07, 6.45) is 2.01. The lowest BCUT2D eigenvalue weighted by Gasteiger charge is -2.22. The normalized spacial score (nSPS) is 13.8. The van der Waals surface area contributed by atoms with Crippen LogP contribution < -0.4 is 16.0 Å². The van der Waals surface area contributed by atoms with Crippen LogP contribution in [0.4, 0.5) is 11.4 Å². The van der Waals surface area contributed by atoms with E-state index in [1.165, 1.54) is 11.0 Å². The summed E-state index contributed by atoms with van der Waals surface area (Å²) in [4.78, 5) is 37.6. The average Bonchev–Trinajstić information content (AvgIpc) is 2.75. The third-order valence-electron chi connectivity index (χ3n) is 4.15. The average molecular weight is 337 g/mol. The molecule has 0 saturated carbocycles. The van der Waals surface area contributed by atoms with E-state index in [9.17, 15) is 14.4 Å². The van der Waals surface area contributed by atoms with Crippen molar-refractivity contribution in [3.63, 3.8) is 0 Å². The molecule has 3 rings (SSSR count). The quantitative estimate of drug-likeness (QED) is 0.895. The summed E-state index contributed by atoms with van der Waals surface area (Å²) < 4.78 is 0. The summed E-state index contributed by atoms with van der Waals surface area (Å²) in [6, 6.07) is 14.0. The molecule has 0 atom stereocenters. The zero-order valence-corrected chi connectivity index (χ0v) is 13.7. The minimum absolute atomic E-state index is 0.0639. The third kappa shape index (κ3) is 3.85. The van der Waals surface area contributed by atoms with E-state index in [2.05, 4.69) is 5.32 Å². The van der Waals surface area contributed by atoms with Crippen molar-refractivity contribution in [1.29, 1.82) is 0 Å². The van der Waals surface area contributed by atoms with E-state index < -0.39 is 5.91 Å². The molecule has 0 saturated heterocycles. The summed E-state index contributed by atoms with van der Waals surface area (Å²) in [6.45, 7) is -0.0728. The Morgan fingerprint density at radius 3 is 2.68 bits per heavy atom. The van der Waals surface area contributed by atoms with Crippen LogP contribution in [0.2, 0.25) is 0 Å². The predicted octanol–water partition coefficient (Wildman–Crippen LogP) is 2.09. The summed E-state index contributed by atoms with van der Waals surface area (Å²) in [5.74, 6) is -0.953. The minimum atomic E-state index is -0.562. The maximum absolute atomic E-state index is 12.4. The van der Waals surface area contributed by atoms with Gasteiger partial charge in [-0.25, -0.2) is 0 Å². The number of carbonyl (C=O) groups is 3. The molecule has 0 aliphatic carbocycles. The molecule has 0 unspecified atom stereocenters. The van der Waals surface area contributed by atoms with Crippen molar-refractivity contribution in [3.05, 3.63) is 59.7 Å². The first-order valence-corrected chi connectivity index (χ1v) is 8.12. The summed E-state index contributed by atoms with van der Waals surface area (Å²) in [7, 11) is 0. The number of hydrogen-bond donors (Lipinski definition) is 2. The minimum Gasteiger partial charge on any atom is -0.366 e. The zero-order chi connectivity index (χ0) is 17.8. The van der Waals surface area contributed by atoms with E-state index >= 15 is 0 Å². The van der Waals surface area contributed by atoms with Gasteiger partial charge in [-0.3, -0.25) is 14.4 Å². The Hall–Kier alpha value is -3.15. The summed E-state index contributed by atoms with van der Waals surface area (Å²) in [5, 5.41) is 2.72. The number of hydrogen-bond acceptors (Lipinski definition) is 3. The van der Waals surface area contributed by atoms with Crippen LogP contribution in [0.15, 0.2) is 48.5 Å². The predicted molar refractivity (Wildman–Crippen MR) is 95.3 cm³/mol. The number of nitrogens with one attached hydrogen (secondary N) is 1. The van der Waals surface area contributed by atoms with Crippen molar-refractivity contribution >= 4 is 29.1 Å². The van der Waals surface area contributed by atoms with Crippen LogP contribution in [0.5, 0.6) is 0 Å². The Balaban J connectivity index is 1.77. The highest BCUT2D eigenvalue weighted by atomic mass is 16.2. The van der Waals surface area contributed by atoms with Gasteiger partial charge in [-0.05, 0) is 42.7 Å². The van der Waals surface area contributed by atoms with Gasteiger partial charge in [-0.1, -0.05) is 24.3 Å². The fourth-order valence-electron chi connectivity index (χ4n) is 2.95. The number of anilines is 2. The van der Waals surface area contributed by atoms with Gasteiger partial charge in [0, 0.05) is 23.4 Å². The number of nitrogens with zero attached hydrogens (tertiary/aromatic N) is 1.